The second-order valence-electron chi connectivity index (χ2n) is 6.37. The highest BCUT2D eigenvalue weighted by atomic mass is 16.5. The van der Waals surface area contributed by atoms with Gasteiger partial charge in [0.2, 0.25) is 11.9 Å². The Hall–Kier alpha value is -3.02. The Bertz CT molecular complexity index is 887. The third-order valence-electron chi connectivity index (χ3n) is 4.66. The molecule has 1 aliphatic heterocycles. The number of rotatable bonds is 3. The van der Waals surface area contributed by atoms with Crippen LogP contribution in [0, 0.1) is 6.92 Å². The maximum Gasteiger partial charge on any atom is 0.241 e. The van der Waals surface area contributed by atoms with Crippen molar-refractivity contribution >= 4 is 11.9 Å². The Balaban J connectivity index is 1.74. The van der Waals surface area contributed by atoms with Crippen molar-refractivity contribution in [2.75, 3.05) is 18.2 Å². The number of nitrogens with two attached hydrogens (primary N) is 1. The zero-order valence-corrected chi connectivity index (χ0v) is 14.3. The van der Waals surface area contributed by atoms with Crippen LogP contribution in [0.4, 0.5) is 11.9 Å². The van der Waals surface area contributed by atoms with Crippen molar-refractivity contribution in [3.63, 3.8) is 0 Å². The Labute approximate surface area is 146 Å². The molecule has 0 unspecified atom stereocenters. The van der Waals surface area contributed by atoms with Crippen molar-refractivity contribution in [3.8, 4) is 5.75 Å². The van der Waals surface area contributed by atoms with Crippen molar-refractivity contribution < 1.29 is 4.74 Å². The van der Waals surface area contributed by atoms with Gasteiger partial charge in [0.1, 0.15) is 5.75 Å². The Morgan fingerprint density at radius 3 is 2.72 bits per heavy atom. The van der Waals surface area contributed by atoms with Gasteiger partial charge in [0.05, 0.1) is 19.2 Å². The van der Waals surface area contributed by atoms with Crippen LogP contribution < -0.4 is 15.8 Å². The molecule has 25 heavy (non-hydrogen) atoms. The van der Waals surface area contributed by atoms with Gasteiger partial charge in [0, 0.05) is 0 Å². The molecule has 1 aromatic heterocycles. The number of anilines is 2. The number of aryl methyl sites for hydroxylation is 1. The highest BCUT2D eigenvalue weighted by Gasteiger charge is 2.30. The minimum atomic E-state index is 0.0813. The lowest BCUT2D eigenvalue weighted by molar-refractivity contribution is 0.410. The molecule has 0 aliphatic carbocycles. The van der Waals surface area contributed by atoms with Crippen molar-refractivity contribution in [1.82, 2.24) is 14.8 Å². The van der Waals surface area contributed by atoms with Gasteiger partial charge in [-0.3, -0.25) is 0 Å². The van der Waals surface area contributed by atoms with Crippen molar-refractivity contribution in [3.05, 3.63) is 65.2 Å². The van der Waals surface area contributed by atoms with Gasteiger partial charge in [0.25, 0.3) is 0 Å². The van der Waals surface area contributed by atoms with Gasteiger partial charge in [-0.1, -0.05) is 42.0 Å². The summed E-state index contributed by atoms with van der Waals surface area (Å²) in [6.07, 6.45) is 0.853. The number of ether oxygens (including phenoxy) is 1. The van der Waals surface area contributed by atoms with E-state index in [4.69, 9.17) is 10.5 Å². The molecule has 4 rings (SSSR count). The molecule has 3 N–H and O–H groups in total. The van der Waals surface area contributed by atoms with Gasteiger partial charge in [-0.15, -0.1) is 5.10 Å². The number of nitrogens with zero attached hydrogens (tertiary/aromatic N) is 3. The van der Waals surface area contributed by atoms with Crippen LogP contribution in [0.2, 0.25) is 0 Å². The Morgan fingerprint density at radius 1 is 1.16 bits per heavy atom. The summed E-state index contributed by atoms with van der Waals surface area (Å²) >= 11 is 0. The maximum absolute atomic E-state index is 5.85. The fourth-order valence-electron chi connectivity index (χ4n) is 3.34. The molecular weight excluding hydrogens is 314 g/mol. The third-order valence-corrected chi connectivity index (χ3v) is 4.66. The predicted octanol–water partition coefficient (Wildman–Crippen LogP) is 3.32. The normalized spacial score (nSPS) is 19.1. The molecule has 3 aromatic rings. The van der Waals surface area contributed by atoms with E-state index in [0.717, 1.165) is 17.7 Å². The van der Waals surface area contributed by atoms with E-state index >= 15 is 0 Å². The molecule has 6 nitrogen and oxygen atoms in total. The second-order valence-corrected chi connectivity index (χ2v) is 6.37. The lowest BCUT2D eigenvalue weighted by atomic mass is 9.93. The standard InChI is InChI=1S/C19H21N5O/c1-12-6-8-13(9-7-12)17-11-16(14-4-3-5-15(10-14)25-2)21-19-22-18(20)23-24(17)19/h3-10,16-17H,11H2,1-2H3,(H3,20,21,22,23)/t16-,17+/m1/s1. The largest absolute Gasteiger partial charge is 0.497 e. The number of benzene rings is 2. The van der Waals surface area contributed by atoms with E-state index in [-0.39, 0.29) is 18.0 Å². The minimum absolute atomic E-state index is 0.0813. The first-order valence-electron chi connectivity index (χ1n) is 8.33. The van der Waals surface area contributed by atoms with E-state index in [2.05, 4.69) is 58.7 Å². The summed E-state index contributed by atoms with van der Waals surface area (Å²) < 4.78 is 7.25. The van der Waals surface area contributed by atoms with Crippen LogP contribution in [0.5, 0.6) is 5.75 Å². The lowest BCUT2D eigenvalue weighted by Gasteiger charge is -2.31. The molecule has 2 atom stereocenters. The first-order valence-corrected chi connectivity index (χ1v) is 8.33. The van der Waals surface area contributed by atoms with Crippen LogP contribution in [0.1, 0.15) is 35.2 Å². The molecule has 2 aromatic carbocycles. The predicted molar refractivity (Wildman–Crippen MR) is 97.7 cm³/mol. The summed E-state index contributed by atoms with van der Waals surface area (Å²) in [5, 5.41) is 7.84. The molecule has 0 fully saturated rings. The number of hydrogen-bond acceptors (Lipinski definition) is 5. The fraction of sp³-hybridized carbons (Fsp3) is 0.263. The van der Waals surface area contributed by atoms with Gasteiger partial charge < -0.3 is 15.8 Å². The fourth-order valence-corrected chi connectivity index (χ4v) is 3.34. The first-order chi connectivity index (χ1) is 12.1. The number of nitrogen functional groups attached to an aromatic ring is 1. The van der Waals surface area contributed by atoms with Crippen LogP contribution in [0.15, 0.2) is 48.5 Å². The van der Waals surface area contributed by atoms with E-state index in [0.29, 0.717) is 5.95 Å². The summed E-state index contributed by atoms with van der Waals surface area (Å²) in [4.78, 5) is 4.35. The van der Waals surface area contributed by atoms with Crippen LogP contribution in [-0.4, -0.2) is 21.9 Å². The minimum Gasteiger partial charge on any atom is -0.497 e. The van der Waals surface area contributed by atoms with Crippen LogP contribution in [0.3, 0.4) is 0 Å². The van der Waals surface area contributed by atoms with Crippen LogP contribution in [0.25, 0.3) is 0 Å². The van der Waals surface area contributed by atoms with E-state index in [1.807, 2.05) is 16.8 Å². The average Bonchev–Trinajstić information content (AvgIpc) is 3.02. The van der Waals surface area contributed by atoms with Crippen molar-refractivity contribution in [2.45, 2.75) is 25.4 Å². The highest BCUT2D eigenvalue weighted by molar-refractivity contribution is 5.43. The Morgan fingerprint density at radius 2 is 1.96 bits per heavy atom. The molecule has 2 heterocycles. The Kier molecular flexibility index (Phi) is 3.80. The van der Waals surface area contributed by atoms with Gasteiger partial charge in [0.15, 0.2) is 0 Å². The number of hydrogen-bond donors (Lipinski definition) is 2. The zero-order valence-electron chi connectivity index (χ0n) is 14.3. The summed E-state index contributed by atoms with van der Waals surface area (Å²) in [5.74, 6) is 1.82. The number of aromatic nitrogens is 3. The number of nitrogens with one attached hydrogen (secondary N) is 1. The SMILES string of the molecule is COc1cccc([C@H]2C[C@@H](c3ccc(C)cc3)n3nc(N)nc3N2)c1. The monoisotopic (exact) mass is 335 g/mol. The average molecular weight is 335 g/mol. The molecule has 0 amide bonds. The third kappa shape index (κ3) is 2.91. The summed E-state index contributed by atoms with van der Waals surface area (Å²) in [6, 6.07) is 16.8. The molecule has 128 valence electrons. The van der Waals surface area contributed by atoms with E-state index in [1.54, 1.807) is 7.11 Å². The number of methoxy groups -OCH3 is 1. The number of fused-ring (bicyclic) bond motifs is 1. The summed E-state index contributed by atoms with van der Waals surface area (Å²) in [5.41, 5.74) is 9.44. The first kappa shape index (κ1) is 15.5. The van der Waals surface area contributed by atoms with Gasteiger partial charge in [-0.25, -0.2) is 4.68 Å². The van der Waals surface area contributed by atoms with E-state index in [1.165, 1.54) is 11.1 Å². The molecule has 6 heteroatoms. The molecular formula is C19H21N5O. The van der Waals surface area contributed by atoms with Crippen LogP contribution in [-0.2, 0) is 0 Å². The maximum atomic E-state index is 5.85. The highest BCUT2D eigenvalue weighted by Crippen LogP contribution is 2.38. The topological polar surface area (TPSA) is 78.0 Å². The van der Waals surface area contributed by atoms with Gasteiger partial charge in [-0.2, -0.15) is 4.98 Å². The van der Waals surface area contributed by atoms with E-state index < -0.39 is 0 Å². The van der Waals surface area contributed by atoms with Gasteiger partial charge in [-0.05, 0) is 36.6 Å². The van der Waals surface area contributed by atoms with E-state index in [9.17, 15) is 0 Å². The second kappa shape index (κ2) is 6.12. The molecule has 0 saturated heterocycles. The van der Waals surface area contributed by atoms with Gasteiger partial charge >= 0.3 is 0 Å². The quantitative estimate of drug-likeness (QED) is 0.768. The zero-order chi connectivity index (χ0) is 17.4. The molecule has 0 saturated carbocycles. The summed E-state index contributed by atoms with van der Waals surface area (Å²) in [7, 11) is 1.68. The molecule has 0 radical (unpaired) electrons. The lowest BCUT2D eigenvalue weighted by Crippen LogP contribution is -2.28. The molecule has 1 aliphatic rings. The van der Waals surface area contributed by atoms with Crippen molar-refractivity contribution in [2.24, 2.45) is 0 Å². The van der Waals surface area contributed by atoms with Crippen molar-refractivity contribution in [1.29, 1.82) is 0 Å². The molecule has 0 bridgehead atoms. The smallest absolute Gasteiger partial charge is 0.241 e. The summed E-state index contributed by atoms with van der Waals surface area (Å²) in [6.45, 7) is 2.09. The van der Waals surface area contributed by atoms with Crippen LogP contribution >= 0.6 is 0 Å². The molecule has 0 spiro atoms.